The summed E-state index contributed by atoms with van der Waals surface area (Å²) in [5.41, 5.74) is 1.01. The van der Waals surface area contributed by atoms with E-state index in [1.165, 1.54) is 0 Å². The van der Waals surface area contributed by atoms with Crippen molar-refractivity contribution in [3.8, 4) is 5.88 Å². The minimum absolute atomic E-state index is 0. The van der Waals surface area contributed by atoms with Gasteiger partial charge >= 0.3 is 0 Å². The zero-order valence-electron chi connectivity index (χ0n) is 16.6. The summed E-state index contributed by atoms with van der Waals surface area (Å²) in [5.74, 6) is 2.26. The van der Waals surface area contributed by atoms with Gasteiger partial charge in [0.05, 0.1) is 12.9 Å². The van der Waals surface area contributed by atoms with E-state index < -0.39 is 0 Å². The maximum Gasteiger partial charge on any atom is 0.218 e. The number of rotatable bonds is 12. The number of unbranched alkanes of at least 4 members (excludes halogenated alkanes) is 1. The molecule has 0 saturated heterocycles. The van der Waals surface area contributed by atoms with Crippen LogP contribution in [-0.4, -0.2) is 37.7 Å². The molecule has 156 valence electrons. The van der Waals surface area contributed by atoms with Gasteiger partial charge in [0.15, 0.2) is 5.96 Å². The van der Waals surface area contributed by atoms with E-state index in [1.807, 2.05) is 24.3 Å². The van der Waals surface area contributed by atoms with E-state index in [1.54, 1.807) is 19.5 Å². The number of halogens is 1. The topological polar surface area (TPSA) is 80.9 Å². The fourth-order valence-electron chi connectivity index (χ4n) is 2.35. The van der Waals surface area contributed by atoms with Gasteiger partial charge in [0, 0.05) is 38.5 Å². The fourth-order valence-corrected chi connectivity index (χ4v) is 2.35. The minimum atomic E-state index is 0. The van der Waals surface area contributed by atoms with E-state index in [-0.39, 0.29) is 24.0 Å². The molecule has 2 aromatic rings. The lowest BCUT2D eigenvalue weighted by molar-refractivity contribution is 0.105. The first kappa shape index (κ1) is 24.2. The first-order chi connectivity index (χ1) is 13.3. The predicted octanol–water partition coefficient (Wildman–Crippen LogP) is 3.74. The van der Waals surface area contributed by atoms with Crippen molar-refractivity contribution in [3.63, 3.8) is 0 Å². The minimum Gasteiger partial charge on any atom is -0.477 e. The van der Waals surface area contributed by atoms with Crippen LogP contribution in [0.4, 0.5) is 0 Å². The van der Waals surface area contributed by atoms with Crippen LogP contribution >= 0.6 is 24.0 Å². The number of hydrogen-bond donors (Lipinski definition) is 2. The van der Waals surface area contributed by atoms with Gasteiger partial charge in [-0.05, 0) is 31.0 Å². The number of aromatic nitrogens is 1. The molecule has 0 aliphatic carbocycles. The molecule has 0 fully saturated rings. The predicted molar refractivity (Wildman–Crippen MR) is 121 cm³/mol. The molecule has 7 nitrogen and oxygen atoms in total. The number of pyridine rings is 1. The lowest BCUT2D eigenvalue weighted by Crippen LogP contribution is -2.37. The summed E-state index contributed by atoms with van der Waals surface area (Å²) in [6.07, 6.45) is 6.40. The second kappa shape index (κ2) is 15.2. The summed E-state index contributed by atoms with van der Waals surface area (Å²) in [7, 11) is 1.75. The SMILES string of the molecule is CCCCOc1ncccc1CNC(=NC)NCCCOCc1ccco1.I. The van der Waals surface area contributed by atoms with Gasteiger partial charge in [-0.2, -0.15) is 0 Å². The molecule has 2 aromatic heterocycles. The van der Waals surface area contributed by atoms with Crippen molar-refractivity contribution in [2.45, 2.75) is 39.3 Å². The molecule has 0 aliphatic rings. The van der Waals surface area contributed by atoms with Crippen LogP contribution in [0.1, 0.15) is 37.5 Å². The molecule has 0 bridgehead atoms. The normalized spacial score (nSPS) is 11.0. The average molecular weight is 502 g/mol. The van der Waals surface area contributed by atoms with Crippen molar-refractivity contribution in [1.29, 1.82) is 0 Å². The Kier molecular flexibility index (Phi) is 13.1. The van der Waals surface area contributed by atoms with E-state index in [9.17, 15) is 0 Å². The van der Waals surface area contributed by atoms with E-state index >= 15 is 0 Å². The molecule has 0 saturated carbocycles. The standard InChI is InChI=1S/C20H30N4O3.HI/c1-3-4-13-27-19-17(8-5-10-22-19)15-24-20(21-2)23-11-7-12-25-16-18-9-6-14-26-18;/h5-6,8-10,14H,3-4,7,11-13,15-16H2,1-2H3,(H2,21,23,24);1H. The molecule has 2 rings (SSSR count). The summed E-state index contributed by atoms with van der Waals surface area (Å²) in [4.78, 5) is 8.57. The molecule has 0 aliphatic heterocycles. The molecule has 0 spiro atoms. The number of nitrogens with one attached hydrogen (secondary N) is 2. The second-order valence-electron chi connectivity index (χ2n) is 6.01. The van der Waals surface area contributed by atoms with E-state index in [2.05, 4.69) is 27.5 Å². The highest BCUT2D eigenvalue weighted by atomic mass is 127. The zero-order valence-corrected chi connectivity index (χ0v) is 19.0. The van der Waals surface area contributed by atoms with Gasteiger partial charge in [-0.15, -0.1) is 24.0 Å². The van der Waals surface area contributed by atoms with Gasteiger partial charge in [0.2, 0.25) is 5.88 Å². The van der Waals surface area contributed by atoms with Gasteiger partial charge in [-0.3, -0.25) is 4.99 Å². The van der Waals surface area contributed by atoms with Crippen LogP contribution in [-0.2, 0) is 17.9 Å². The lowest BCUT2D eigenvalue weighted by Gasteiger charge is -2.14. The zero-order chi connectivity index (χ0) is 19.2. The Bertz CT molecular complexity index is 665. The number of hydrogen-bond acceptors (Lipinski definition) is 5. The van der Waals surface area contributed by atoms with Crippen molar-refractivity contribution in [2.24, 2.45) is 4.99 Å². The third kappa shape index (κ3) is 9.41. The highest BCUT2D eigenvalue weighted by Gasteiger charge is 2.06. The molecular formula is C20H31IN4O3. The molecule has 8 heteroatoms. The van der Waals surface area contributed by atoms with Crippen LogP contribution < -0.4 is 15.4 Å². The number of ether oxygens (including phenoxy) is 2. The molecule has 0 unspecified atom stereocenters. The summed E-state index contributed by atoms with van der Waals surface area (Å²) in [6.45, 7) is 5.35. The van der Waals surface area contributed by atoms with Crippen molar-refractivity contribution in [1.82, 2.24) is 15.6 Å². The van der Waals surface area contributed by atoms with E-state index in [0.29, 0.717) is 32.2 Å². The van der Waals surface area contributed by atoms with Gasteiger partial charge in [0.25, 0.3) is 0 Å². The van der Waals surface area contributed by atoms with E-state index in [4.69, 9.17) is 13.9 Å². The Morgan fingerprint density at radius 2 is 2.07 bits per heavy atom. The monoisotopic (exact) mass is 502 g/mol. The molecule has 0 aromatic carbocycles. The molecule has 0 atom stereocenters. The van der Waals surface area contributed by atoms with Crippen molar-refractivity contribution >= 4 is 29.9 Å². The quantitative estimate of drug-likeness (QED) is 0.199. The van der Waals surface area contributed by atoms with Crippen LogP contribution in [0.3, 0.4) is 0 Å². The van der Waals surface area contributed by atoms with Gasteiger partial charge in [0.1, 0.15) is 12.4 Å². The molecule has 0 amide bonds. The fraction of sp³-hybridized carbons (Fsp3) is 0.500. The molecule has 28 heavy (non-hydrogen) atoms. The molecule has 2 heterocycles. The summed E-state index contributed by atoms with van der Waals surface area (Å²) in [5, 5.41) is 6.57. The number of aliphatic imine (C=N–C) groups is 1. The van der Waals surface area contributed by atoms with E-state index in [0.717, 1.165) is 43.1 Å². The van der Waals surface area contributed by atoms with Crippen molar-refractivity contribution in [2.75, 3.05) is 26.8 Å². The maximum atomic E-state index is 5.76. The van der Waals surface area contributed by atoms with Crippen molar-refractivity contribution in [3.05, 3.63) is 48.0 Å². The third-order valence-electron chi connectivity index (χ3n) is 3.84. The Morgan fingerprint density at radius 3 is 2.82 bits per heavy atom. The summed E-state index contributed by atoms with van der Waals surface area (Å²) in [6, 6.07) is 7.69. The van der Waals surface area contributed by atoms with Crippen LogP contribution in [0, 0.1) is 0 Å². The Morgan fingerprint density at radius 1 is 1.18 bits per heavy atom. The first-order valence-electron chi connectivity index (χ1n) is 9.44. The molecular weight excluding hydrogens is 471 g/mol. The van der Waals surface area contributed by atoms with Gasteiger partial charge in [-0.25, -0.2) is 4.98 Å². The summed E-state index contributed by atoms with van der Waals surface area (Å²) >= 11 is 0. The average Bonchev–Trinajstić information content (AvgIpc) is 3.21. The van der Waals surface area contributed by atoms with Gasteiger partial charge in [-0.1, -0.05) is 19.4 Å². The third-order valence-corrected chi connectivity index (χ3v) is 3.84. The molecule has 2 N–H and O–H groups in total. The number of nitrogens with zero attached hydrogens (tertiary/aromatic N) is 2. The highest BCUT2D eigenvalue weighted by molar-refractivity contribution is 14.0. The smallest absolute Gasteiger partial charge is 0.218 e. The maximum absolute atomic E-state index is 5.76. The molecule has 0 radical (unpaired) electrons. The van der Waals surface area contributed by atoms with Crippen LogP contribution in [0.2, 0.25) is 0 Å². The van der Waals surface area contributed by atoms with Gasteiger partial charge < -0.3 is 24.5 Å². The Hall–Kier alpha value is -1.81. The van der Waals surface area contributed by atoms with Crippen LogP contribution in [0.25, 0.3) is 0 Å². The lowest BCUT2D eigenvalue weighted by atomic mass is 10.2. The van der Waals surface area contributed by atoms with Crippen LogP contribution in [0.5, 0.6) is 5.88 Å². The number of furan rings is 1. The first-order valence-corrected chi connectivity index (χ1v) is 9.44. The van der Waals surface area contributed by atoms with Crippen molar-refractivity contribution < 1.29 is 13.9 Å². The Labute approximate surface area is 184 Å². The highest BCUT2D eigenvalue weighted by Crippen LogP contribution is 2.14. The Balaban J connectivity index is 0.00000392. The van der Waals surface area contributed by atoms with Crippen LogP contribution in [0.15, 0.2) is 46.1 Å². The largest absolute Gasteiger partial charge is 0.477 e. The number of guanidine groups is 1. The second-order valence-corrected chi connectivity index (χ2v) is 6.01. The summed E-state index contributed by atoms with van der Waals surface area (Å²) < 4.78 is 16.6.